The summed E-state index contributed by atoms with van der Waals surface area (Å²) in [6, 6.07) is 8.02. The lowest BCUT2D eigenvalue weighted by molar-refractivity contribution is -0.181. The lowest BCUT2D eigenvalue weighted by Crippen LogP contribution is -2.47. The molecule has 1 aromatic heterocycles. The number of nitrogens with zero attached hydrogens (tertiary/aromatic N) is 2. The quantitative estimate of drug-likeness (QED) is 0.810. The summed E-state index contributed by atoms with van der Waals surface area (Å²) in [6.45, 7) is 2.69. The predicted molar refractivity (Wildman–Crippen MR) is 82.7 cm³/mol. The molecule has 5 heteroatoms. The van der Waals surface area contributed by atoms with Crippen molar-refractivity contribution in [2.24, 2.45) is 7.05 Å². The number of ether oxygens (including phenoxy) is 2. The van der Waals surface area contributed by atoms with Crippen LogP contribution in [0.4, 0.5) is 0 Å². The topological polar surface area (TPSA) is 43.7 Å². The number of amides is 1. The summed E-state index contributed by atoms with van der Waals surface area (Å²) in [5.74, 6) is -0.333. The van der Waals surface area contributed by atoms with Gasteiger partial charge in [0.15, 0.2) is 5.79 Å². The third-order valence-electron chi connectivity index (χ3n) is 4.75. The number of piperidine rings is 1. The molecule has 2 aliphatic rings. The van der Waals surface area contributed by atoms with Crippen molar-refractivity contribution >= 4 is 16.8 Å². The van der Waals surface area contributed by atoms with E-state index in [4.69, 9.17) is 9.47 Å². The van der Waals surface area contributed by atoms with E-state index in [9.17, 15) is 4.79 Å². The average Bonchev–Trinajstić information content (AvgIpc) is 3.13. The van der Waals surface area contributed by atoms with Gasteiger partial charge in [0.2, 0.25) is 0 Å². The highest BCUT2D eigenvalue weighted by Crippen LogP contribution is 2.32. The summed E-state index contributed by atoms with van der Waals surface area (Å²) in [7, 11) is 1.98. The van der Waals surface area contributed by atoms with Gasteiger partial charge in [0, 0.05) is 50.1 Å². The SMILES string of the molecule is Cn1cc(C(=O)N2CCC3(CC2)OCCO3)c2ccccc21. The van der Waals surface area contributed by atoms with Gasteiger partial charge >= 0.3 is 0 Å². The van der Waals surface area contributed by atoms with E-state index in [0.29, 0.717) is 26.3 Å². The fourth-order valence-electron chi connectivity index (χ4n) is 3.52. The van der Waals surface area contributed by atoms with Gasteiger partial charge in [-0.15, -0.1) is 0 Å². The molecule has 0 saturated carbocycles. The second-order valence-corrected chi connectivity index (χ2v) is 6.07. The molecule has 3 heterocycles. The van der Waals surface area contributed by atoms with E-state index in [1.54, 1.807) is 0 Å². The number of likely N-dealkylation sites (tertiary alicyclic amines) is 1. The van der Waals surface area contributed by atoms with E-state index in [0.717, 1.165) is 29.3 Å². The normalized spacial score (nSPS) is 20.9. The first-order valence-electron chi connectivity index (χ1n) is 7.80. The van der Waals surface area contributed by atoms with Crippen LogP contribution < -0.4 is 0 Å². The monoisotopic (exact) mass is 300 g/mol. The van der Waals surface area contributed by atoms with E-state index >= 15 is 0 Å². The van der Waals surface area contributed by atoms with Crippen LogP contribution in [-0.2, 0) is 16.5 Å². The lowest BCUT2D eigenvalue weighted by atomic mass is 10.0. The second-order valence-electron chi connectivity index (χ2n) is 6.07. The first-order valence-corrected chi connectivity index (χ1v) is 7.80. The van der Waals surface area contributed by atoms with Crippen LogP contribution in [0.3, 0.4) is 0 Å². The number of carbonyl (C=O) groups is 1. The van der Waals surface area contributed by atoms with Gasteiger partial charge in [0.05, 0.1) is 18.8 Å². The standard InChI is InChI=1S/C17H20N2O3/c1-18-12-14(13-4-2-3-5-15(13)18)16(20)19-8-6-17(7-9-19)21-10-11-22-17/h2-5,12H,6-11H2,1H3. The van der Waals surface area contributed by atoms with E-state index in [2.05, 4.69) is 0 Å². The van der Waals surface area contributed by atoms with Crippen LogP contribution in [0.25, 0.3) is 10.9 Å². The first-order chi connectivity index (χ1) is 10.7. The number of benzene rings is 1. The van der Waals surface area contributed by atoms with Gasteiger partial charge in [-0.3, -0.25) is 4.79 Å². The maximum absolute atomic E-state index is 12.9. The van der Waals surface area contributed by atoms with Gasteiger partial charge in [0.1, 0.15) is 0 Å². The van der Waals surface area contributed by atoms with Crippen molar-refractivity contribution in [3.8, 4) is 0 Å². The molecule has 0 radical (unpaired) electrons. The highest BCUT2D eigenvalue weighted by Gasteiger charge is 2.41. The number of hydrogen-bond acceptors (Lipinski definition) is 3. The van der Waals surface area contributed by atoms with E-state index in [-0.39, 0.29) is 5.91 Å². The molecule has 22 heavy (non-hydrogen) atoms. The number of fused-ring (bicyclic) bond motifs is 1. The number of rotatable bonds is 1. The molecule has 0 atom stereocenters. The molecule has 2 fully saturated rings. The highest BCUT2D eigenvalue weighted by atomic mass is 16.7. The Balaban J connectivity index is 1.57. The number of aryl methyl sites for hydroxylation is 1. The van der Waals surface area contributed by atoms with Crippen LogP contribution in [0.15, 0.2) is 30.5 Å². The van der Waals surface area contributed by atoms with Crippen molar-refractivity contribution in [3.05, 3.63) is 36.0 Å². The van der Waals surface area contributed by atoms with Crippen LogP contribution in [0, 0.1) is 0 Å². The summed E-state index contributed by atoms with van der Waals surface area (Å²) in [6.07, 6.45) is 3.44. The van der Waals surface area contributed by atoms with Crippen LogP contribution in [0.5, 0.6) is 0 Å². The summed E-state index contributed by atoms with van der Waals surface area (Å²) in [5.41, 5.74) is 1.86. The molecule has 5 nitrogen and oxygen atoms in total. The molecule has 0 aliphatic carbocycles. The zero-order valence-corrected chi connectivity index (χ0v) is 12.7. The smallest absolute Gasteiger partial charge is 0.256 e. The van der Waals surface area contributed by atoms with Crippen LogP contribution >= 0.6 is 0 Å². The zero-order valence-electron chi connectivity index (χ0n) is 12.7. The van der Waals surface area contributed by atoms with Crippen molar-refractivity contribution in [1.29, 1.82) is 0 Å². The Morgan fingerprint density at radius 1 is 1.14 bits per heavy atom. The van der Waals surface area contributed by atoms with Gasteiger partial charge in [-0.25, -0.2) is 0 Å². The Labute approximate surface area is 129 Å². The van der Waals surface area contributed by atoms with Crippen molar-refractivity contribution in [1.82, 2.24) is 9.47 Å². The van der Waals surface area contributed by atoms with Gasteiger partial charge < -0.3 is 18.9 Å². The maximum Gasteiger partial charge on any atom is 0.256 e. The molecule has 0 unspecified atom stereocenters. The minimum atomic E-state index is -0.435. The minimum Gasteiger partial charge on any atom is -0.350 e. The largest absolute Gasteiger partial charge is 0.350 e. The molecule has 2 saturated heterocycles. The number of carbonyl (C=O) groups excluding carboxylic acids is 1. The Bertz CT molecular complexity index is 706. The molecule has 1 aromatic carbocycles. The molecule has 0 bridgehead atoms. The van der Waals surface area contributed by atoms with Gasteiger partial charge in [-0.05, 0) is 6.07 Å². The van der Waals surface area contributed by atoms with Gasteiger partial charge in [0.25, 0.3) is 5.91 Å². The molecule has 116 valence electrons. The fraction of sp³-hybridized carbons (Fsp3) is 0.471. The zero-order chi connectivity index (χ0) is 15.2. The summed E-state index contributed by atoms with van der Waals surface area (Å²) >= 11 is 0. The third kappa shape index (κ3) is 2.12. The third-order valence-corrected chi connectivity index (χ3v) is 4.75. The highest BCUT2D eigenvalue weighted by molar-refractivity contribution is 6.07. The van der Waals surface area contributed by atoms with Crippen LogP contribution in [0.2, 0.25) is 0 Å². The average molecular weight is 300 g/mol. The predicted octanol–water partition coefficient (Wildman–Crippen LogP) is 2.16. The maximum atomic E-state index is 12.9. The van der Waals surface area contributed by atoms with Crippen LogP contribution in [0.1, 0.15) is 23.2 Å². The van der Waals surface area contributed by atoms with E-state index < -0.39 is 5.79 Å². The van der Waals surface area contributed by atoms with E-state index in [1.807, 2.05) is 47.0 Å². The number of aromatic nitrogens is 1. The van der Waals surface area contributed by atoms with Crippen LogP contribution in [-0.4, -0.2) is 47.5 Å². The van der Waals surface area contributed by atoms with Gasteiger partial charge in [-0.1, -0.05) is 18.2 Å². The summed E-state index contributed by atoms with van der Waals surface area (Å²) < 4.78 is 13.5. The molecule has 2 aromatic rings. The second kappa shape index (κ2) is 5.11. The van der Waals surface area contributed by atoms with Gasteiger partial charge in [-0.2, -0.15) is 0 Å². The lowest BCUT2D eigenvalue weighted by Gasteiger charge is -2.37. The Kier molecular flexibility index (Phi) is 3.20. The fourth-order valence-corrected chi connectivity index (χ4v) is 3.52. The van der Waals surface area contributed by atoms with Crippen molar-refractivity contribution in [3.63, 3.8) is 0 Å². The Morgan fingerprint density at radius 2 is 1.82 bits per heavy atom. The Hall–Kier alpha value is -1.85. The minimum absolute atomic E-state index is 0.102. The summed E-state index contributed by atoms with van der Waals surface area (Å²) in [5, 5.41) is 1.02. The molecule has 2 aliphatic heterocycles. The molecule has 1 spiro atoms. The van der Waals surface area contributed by atoms with Crippen molar-refractivity contribution < 1.29 is 14.3 Å². The molecule has 1 amide bonds. The molecule has 0 N–H and O–H groups in total. The number of para-hydroxylation sites is 1. The number of hydrogen-bond donors (Lipinski definition) is 0. The molecular weight excluding hydrogens is 280 g/mol. The Morgan fingerprint density at radius 3 is 2.55 bits per heavy atom. The van der Waals surface area contributed by atoms with Crippen molar-refractivity contribution in [2.45, 2.75) is 18.6 Å². The summed E-state index contributed by atoms with van der Waals surface area (Å²) in [4.78, 5) is 14.8. The van der Waals surface area contributed by atoms with Crippen molar-refractivity contribution in [2.75, 3.05) is 26.3 Å². The first kappa shape index (κ1) is 13.8. The molecular formula is C17H20N2O3. The van der Waals surface area contributed by atoms with E-state index in [1.165, 1.54) is 0 Å². The molecule has 4 rings (SSSR count).